The average Bonchev–Trinajstić information content (AvgIpc) is 3.41. The largest absolute Gasteiger partial charge is 0.338 e. The third-order valence-corrected chi connectivity index (χ3v) is 6.58. The number of aromatic nitrogens is 2. The van der Waals surface area contributed by atoms with E-state index in [4.69, 9.17) is 0 Å². The van der Waals surface area contributed by atoms with Crippen molar-refractivity contribution in [3.05, 3.63) is 47.8 Å². The van der Waals surface area contributed by atoms with E-state index in [1.54, 1.807) is 37.3 Å². The van der Waals surface area contributed by atoms with Crippen LogP contribution in [0.1, 0.15) is 24.4 Å². The van der Waals surface area contributed by atoms with Crippen LogP contribution in [0.2, 0.25) is 0 Å². The van der Waals surface area contributed by atoms with Gasteiger partial charge >= 0.3 is 0 Å². The van der Waals surface area contributed by atoms with Gasteiger partial charge < -0.3 is 5.32 Å². The van der Waals surface area contributed by atoms with Gasteiger partial charge in [0.25, 0.3) is 0 Å². The summed E-state index contributed by atoms with van der Waals surface area (Å²) in [5, 5.41) is 8.62. The molecule has 0 amide bonds. The fourth-order valence-corrected chi connectivity index (χ4v) is 3.97. The molecular weight excluding hydrogens is 367 g/mol. The number of nitrogens with zero attached hydrogens (tertiary/aromatic N) is 3. The Hall–Kier alpha value is -2.45. The smallest absolute Gasteiger partial charge is 0.242 e. The first-order chi connectivity index (χ1) is 12.8. The Balaban J connectivity index is 1.84. The maximum Gasteiger partial charge on any atom is 0.242 e. The third kappa shape index (κ3) is 3.19. The minimum atomic E-state index is -3.55. The molecule has 0 unspecified atom stereocenters. The Morgan fingerprint density at radius 1 is 1.19 bits per heavy atom. The van der Waals surface area contributed by atoms with Crippen LogP contribution < -0.4 is 5.32 Å². The lowest BCUT2D eigenvalue weighted by atomic mass is 10.2. The van der Waals surface area contributed by atoms with E-state index in [2.05, 4.69) is 10.4 Å². The molecule has 0 spiro atoms. The summed E-state index contributed by atoms with van der Waals surface area (Å²) in [6, 6.07) is 10.2. The Kier molecular flexibility index (Phi) is 4.20. The monoisotopic (exact) mass is 388 g/mol. The van der Waals surface area contributed by atoms with Crippen molar-refractivity contribution >= 4 is 32.4 Å². The first kappa shape index (κ1) is 17.9. The molecule has 1 heterocycles. The number of hydrogen-bond donors (Lipinski definition) is 1. The van der Waals surface area contributed by atoms with Gasteiger partial charge in [0.2, 0.25) is 10.0 Å². The van der Waals surface area contributed by atoms with Crippen molar-refractivity contribution in [3.8, 4) is 0 Å². The summed E-state index contributed by atoms with van der Waals surface area (Å²) >= 11 is 0. The number of sulfonamides is 1. The Morgan fingerprint density at radius 3 is 2.56 bits per heavy atom. The van der Waals surface area contributed by atoms with E-state index in [9.17, 15) is 12.8 Å². The van der Waals surface area contributed by atoms with Crippen molar-refractivity contribution < 1.29 is 12.8 Å². The molecule has 0 aliphatic heterocycles. The lowest BCUT2D eigenvalue weighted by Gasteiger charge is -2.11. The van der Waals surface area contributed by atoms with Gasteiger partial charge in [0.05, 0.1) is 16.5 Å². The van der Waals surface area contributed by atoms with E-state index < -0.39 is 10.0 Å². The molecule has 6 nitrogen and oxygen atoms in total. The minimum Gasteiger partial charge on any atom is -0.338 e. The zero-order chi connectivity index (χ0) is 19.3. The summed E-state index contributed by atoms with van der Waals surface area (Å²) in [5.41, 5.74) is 2.12. The van der Waals surface area contributed by atoms with Crippen LogP contribution in [0, 0.1) is 12.7 Å². The van der Waals surface area contributed by atoms with Gasteiger partial charge in [-0.15, -0.1) is 0 Å². The molecule has 2 aromatic carbocycles. The molecule has 0 radical (unpaired) electrons. The molecule has 1 saturated carbocycles. The molecule has 1 aliphatic rings. The van der Waals surface area contributed by atoms with Crippen LogP contribution in [0.25, 0.3) is 10.9 Å². The summed E-state index contributed by atoms with van der Waals surface area (Å²) in [4.78, 5) is 0.216. The molecule has 8 heteroatoms. The molecule has 0 atom stereocenters. The van der Waals surface area contributed by atoms with Crippen LogP contribution >= 0.6 is 0 Å². The molecule has 1 fully saturated rings. The van der Waals surface area contributed by atoms with Crippen LogP contribution in [0.4, 0.5) is 15.9 Å². The van der Waals surface area contributed by atoms with Crippen molar-refractivity contribution in [2.45, 2.75) is 30.7 Å². The molecule has 142 valence electrons. The van der Waals surface area contributed by atoms with E-state index >= 15 is 0 Å². The molecule has 0 bridgehead atoms. The molecule has 0 saturated heterocycles. The van der Waals surface area contributed by atoms with Gasteiger partial charge in [-0.1, -0.05) is 0 Å². The standard InChI is InChI=1S/C19H21FN4O2S/c1-12-10-13(4-8-17(12)20)21-19-16-11-15(27(25,26)23(2)3)7-9-18(16)24(22-19)14-5-6-14/h4,7-11,14H,5-6H2,1-3H3,(H,21,22). The SMILES string of the molecule is Cc1cc(Nc2nn(C3CC3)c3ccc(S(=O)(=O)N(C)C)cc23)ccc1F. The van der Waals surface area contributed by atoms with Crippen molar-refractivity contribution in [2.75, 3.05) is 19.4 Å². The van der Waals surface area contributed by atoms with Crippen LogP contribution in [-0.4, -0.2) is 36.6 Å². The highest BCUT2D eigenvalue weighted by Crippen LogP contribution is 2.39. The van der Waals surface area contributed by atoms with Crippen LogP contribution in [0.3, 0.4) is 0 Å². The number of fused-ring (bicyclic) bond motifs is 1. The highest BCUT2D eigenvalue weighted by molar-refractivity contribution is 7.89. The van der Waals surface area contributed by atoms with E-state index in [1.165, 1.54) is 24.5 Å². The molecule has 1 aliphatic carbocycles. The molecule has 3 aromatic rings. The van der Waals surface area contributed by atoms with Gasteiger partial charge in [-0.05, 0) is 61.7 Å². The topological polar surface area (TPSA) is 67.2 Å². The van der Waals surface area contributed by atoms with Crippen molar-refractivity contribution in [2.24, 2.45) is 0 Å². The van der Waals surface area contributed by atoms with Crippen LogP contribution in [-0.2, 0) is 10.0 Å². The average molecular weight is 388 g/mol. The molecular formula is C19H21FN4O2S. The predicted molar refractivity (Wildman–Crippen MR) is 103 cm³/mol. The summed E-state index contributed by atoms with van der Waals surface area (Å²) in [6.07, 6.45) is 2.12. The van der Waals surface area contributed by atoms with Gasteiger partial charge in [0.15, 0.2) is 5.82 Å². The van der Waals surface area contributed by atoms with E-state index in [1.807, 2.05) is 4.68 Å². The number of nitrogens with one attached hydrogen (secondary N) is 1. The Labute approximate surface area is 157 Å². The third-order valence-electron chi connectivity index (χ3n) is 4.77. The number of aryl methyl sites for hydroxylation is 1. The lowest BCUT2D eigenvalue weighted by molar-refractivity contribution is 0.521. The van der Waals surface area contributed by atoms with Crippen molar-refractivity contribution in [3.63, 3.8) is 0 Å². The van der Waals surface area contributed by atoms with Gasteiger partial charge in [-0.3, -0.25) is 4.68 Å². The quantitative estimate of drug-likeness (QED) is 0.722. The summed E-state index contributed by atoms with van der Waals surface area (Å²) in [7, 11) is -0.532. The molecule has 4 rings (SSSR count). The first-order valence-corrected chi connectivity index (χ1v) is 10.2. The number of benzene rings is 2. The zero-order valence-electron chi connectivity index (χ0n) is 15.4. The van der Waals surface area contributed by atoms with Gasteiger partial charge in [0, 0.05) is 25.2 Å². The van der Waals surface area contributed by atoms with Crippen molar-refractivity contribution in [1.82, 2.24) is 14.1 Å². The highest BCUT2D eigenvalue weighted by atomic mass is 32.2. The second kappa shape index (κ2) is 6.31. The number of rotatable bonds is 5. The van der Waals surface area contributed by atoms with E-state index in [0.29, 0.717) is 23.1 Å². The molecule has 27 heavy (non-hydrogen) atoms. The number of hydrogen-bond acceptors (Lipinski definition) is 4. The van der Waals surface area contributed by atoms with Crippen LogP contribution in [0.15, 0.2) is 41.3 Å². The van der Waals surface area contributed by atoms with Gasteiger partial charge in [0.1, 0.15) is 5.82 Å². The van der Waals surface area contributed by atoms with Gasteiger partial charge in [-0.25, -0.2) is 17.1 Å². The second-order valence-corrected chi connectivity index (χ2v) is 9.23. The van der Waals surface area contributed by atoms with Crippen molar-refractivity contribution in [1.29, 1.82) is 0 Å². The Morgan fingerprint density at radius 2 is 1.93 bits per heavy atom. The zero-order valence-corrected chi connectivity index (χ0v) is 16.2. The maximum absolute atomic E-state index is 13.5. The van der Waals surface area contributed by atoms with E-state index in [-0.39, 0.29) is 10.7 Å². The highest BCUT2D eigenvalue weighted by Gasteiger charge is 2.28. The summed E-state index contributed by atoms with van der Waals surface area (Å²) < 4.78 is 41.7. The fourth-order valence-electron chi connectivity index (χ4n) is 3.04. The second-order valence-electron chi connectivity index (χ2n) is 7.08. The molecule has 1 N–H and O–H groups in total. The summed E-state index contributed by atoms with van der Waals surface area (Å²) in [6.45, 7) is 1.70. The fraction of sp³-hybridized carbons (Fsp3) is 0.316. The first-order valence-electron chi connectivity index (χ1n) is 8.75. The number of anilines is 2. The minimum absolute atomic E-state index is 0.216. The Bertz CT molecular complexity index is 1130. The normalized spacial score (nSPS) is 14.9. The lowest BCUT2D eigenvalue weighted by Crippen LogP contribution is -2.22. The predicted octanol–water partition coefficient (Wildman–Crippen LogP) is 3.81. The maximum atomic E-state index is 13.5. The molecule has 1 aromatic heterocycles. The summed E-state index contributed by atoms with van der Waals surface area (Å²) in [5.74, 6) is 0.298. The number of halogens is 1. The van der Waals surface area contributed by atoms with Crippen LogP contribution in [0.5, 0.6) is 0 Å². The van der Waals surface area contributed by atoms with E-state index in [0.717, 1.165) is 23.7 Å². The van der Waals surface area contributed by atoms with Gasteiger partial charge in [-0.2, -0.15) is 5.10 Å².